The molecule has 2 rings (SSSR count). The van der Waals surface area contributed by atoms with Crippen LogP contribution in [-0.4, -0.2) is 44.6 Å². The second-order valence-corrected chi connectivity index (χ2v) is 5.56. The zero-order valence-electron chi connectivity index (χ0n) is 11.9. The van der Waals surface area contributed by atoms with Crippen molar-refractivity contribution in [2.24, 2.45) is 0 Å². The Bertz CT molecular complexity index is 428. The molecule has 0 bridgehead atoms. The predicted molar refractivity (Wildman–Crippen MR) is 82.5 cm³/mol. The van der Waals surface area contributed by atoms with Gasteiger partial charge in [0.25, 0.3) is 0 Å². The molecule has 0 saturated carbocycles. The molecule has 0 spiro atoms. The zero-order valence-corrected chi connectivity index (χ0v) is 12.7. The molecule has 20 heavy (non-hydrogen) atoms. The van der Waals surface area contributed by atoms with Crippen LogP contribution in [0.3, 0.4) is 0 Å². The second-order valence-electron chi connectivity index (χ2n) is 5.15. The summed E-state index contributed by atoms with van der Waals surface area (Å²) in [7, 11) is 1.69. The van der Waals surface area contributed by atoms with Gasteiger partial charge in [-0.25, -0.2) is 0 Å². The number of nitrogens with zero attached hydrogens (tertiary/aromatic N) is 1. The van der Waals surface area contributed by atoms with Gasteiger partial charge in [-0.15, -0.1) is 0 Å². The number of β-amino-alcohol motifs (C(OH)–C–C–N with tert-alkyl or cyclic N) is 1. The van der Waals surface area contributed by atoms with Crippen molar-refractivity contribution in [3.05, 3.63) is 28.8 Å². The first-order valence-corrected chi connectivity index (χ1v) is 7.50. The molecule has 5 heteroatoms. The largest absolute Gasteiger partial charge is 0.391 e. The SMILES string of the molecule is COCCNCc1c(Cl)cccc1N1CCCC(O)C1. The highest BCUT2D eigenvalue weighted by atomic mass is 35.5. The highest BCUT2D eigenvalue weighted by molar-refractivity contribution is 6.31. The first kappa shape index (κ1) is 15.6. The molecule has 2 N–H and O–H groups in total. The van der Waals surface area contributed by atoms with Crippen molar-refractivity contribution in [3.63, 3.8) is 0 Å². The minimum Gasteiger partial charge on any atom is -0.391 e. The third-order valence-corrected chi connectivity index (χ3v) is 3.97. The molecular formula is C15H23ClN2O2. The van der Waals surface area contributed by atoms with Gasteiger partial charge in [0, 0.05) is 49.6 Å². The summed E-state index contributed by atoms with van der Waals surface area (Å²) in [5.41, 5.74) is 2.22. The van der Waals surface area contributed by atoms with E-state index in [0.717, 1.165) is 42.2 Å². The Balaban J connectivity index is 2.09. The van der Waals surface area contributed by atoms with Crippen LogP contribution in [0.4, 0.5) is 5.69 Å². The number of anilines is 1. The average molecular weight is 299 g/mol. The molecule has 1 atom stereocenters. The van der Waals surface area contributed by atoms with Crippen molar-refractivity contribution in [2.75, 3.05) is 38.3 Å². The summed E-state index contributed by atoms with van der Waals surface area (Å²) in [5, 5.41) is 13.9. The number of aliphatic hydroxyl groups excluding tert-OH is 1. The molecule has 0 radical (unpaired) electrons. The molecule has 1 saturated heterocycles. The molecule has 1 aromatic rings. The van der Waals surface area contributed by atoms with Crippen LogP contribution in [0, 0.1) is 0 Å². The van der Waals surface area contributed by atoms with Crippen LogP contribution in [0.1, 0.15) is 18.4 Å². The maximum absolute atomic E-state index is 9.84. The number of aliphatic hydroxyl groups is 1. The quantitative estimate of drug-likeness (QED) is 0.789. The summed E-state index contributed by atoms with van der Waals surface area (Å²) in [6.45, 7) is 3.85. The van der Waals surface area contributed by atoms with E-state index >= 15 is 0 Å². The fourth-order valence-electron chi connectivity index (χ4n) is 2.58. The van der Waals surface area contributed by atoms with E-state index in [0.29, 0.717) is 19.7 Å². The summed E-state index contributed by atoms with van der Waals surface area (Å²) < 4.78 is 5.03. The number of nitrogens with one attached hydrogen (secondary N) is 1. The average Bonchev–Trinajstić information content (AvgIpc) is 2.45. The molecule has 0 aliphatic carbocycles. The molecule has 4 nitrogen and oxygen atoms in total. The van der Waals surface area contributed by atoms with Crippen molar-refractivity contribution in [1.29, 1.82) is 0 Å². The van der Waals surface area contributed by atoms with Gasteiger partial charge in [0.2, 0.25) is 0 Å². The van der Waals surface area contributed by atoms with Crippen LogP contribution in [0.15, 0.2) is 18.2 Å². The molecule has 1 unspecified atom stereocenters. The van der Waals surface area contributed by atoms with Gasteiger partial charge in [0.1, 0.15) is 0 Å². The fraction of sp³-hybridized carbons (Fsp3) is 0.600. The van der Waals surface area contributed by atoms with Gasteiger partial charge >= 0.3 is 0 Å². The van der Waals surface area contributed by atoms with Crippen molar-refractivity contribution >= 4 is 17.3 Å². The fourth-order valence-corrected chi connectivity index (χ4v) is 2.82. The summed E-state index contributed by atoms with van der Waals surface area (Å²) in [6, 6.07) is 5.97. The monoisotopic (exact) mass is 298 g/mol. The van der Waals surface area contributed by atoms with E-state index in [-0.39, 0.29) is 6.10 Å². The standard InChI is InChI=1S/C15H23ClN2O2/c1-20-9-7-17-10-13-14(16)5-2-6-15(13)18-8-3-4-12(19)11-18/h2,5-6,12,17,19H,3-4,7-11H2,1H3. The number of benzene rings is 1. The summed E-state index contributed by atoms with van der Waals surface area (Å²) in [5.74, 6) is 0. The van der Waals surface area contributed by atoms with Gasteiger partial charge in [0.15, 0.2) is 0 Å². The minimum atomic E-state index is -0.239. The van der Waals surface area contributed by atoms with Gasteiger partial charge in [0.05, 0.1) is 12.7 Å². The van der Waals surface area contributed by atoms with E-state index in [9.17, 15) is 5.11 Å². The number of hydrogen-bond acceptors (Lipinski definition) is 4. The Morgan fingerprint density at radius 2 is 2.35 bits per heavy atom. The van der Waals surface area contributed by atoms with Crippen molar-refractivity contribution in [1.82, 2.24) is 5.32 Å². The molecule has 112 valence electrons. The number of ether oxygens (including phenoxy) is 1. The number of hydrogen-bond donors (Lipinski definition) is 2. The number of rotatable bonds is 6. The van der Waals surface area contributed by atoms with E-state index in [2.05, 4.69) is 16.3 Å². The Morgan fingerprint density at radius 1 is 1.50 bits per heavy atom. The summed E-state index contributed by atoms with van der Waals surface area (Å²) >= 11 is 6.34. The Hall–Kier alpha value is -0.810. The Labute approximate surface area is 125 Å². The van der Waals surface area contributed by atoms with E-state index in [4.69, 9.17) is 16.3 Å². The molecule has 1 fully saturated rings. The van der Waals surface area contributed by atoms with Crippen molar-refractivity contribution in [3.8, 4) is 0 Å². The van der Waals surface area contributed by atoms with Crippen LogP contribution in [-0.2, 0) is 11.3 Å². The minimum absolute atomic E-state index is 0.239. The lowest BCUT2D eigenvalue weighted by Gasteiger charge is -2.33. The molecule has 1 aliphatic heterocycles. The van der Waals surface area contributed by atoms with Crippen molar-refractivity contribution < 1.29 is 9.84 Å². The van der Waals surface area contributed by atoms with Crippen LogP contribution < -0.4 is 10.2 Å². The maximum atomic E-state index is 9.84. The first-order valence-electron chi connectivity index (χ1n) is 7.12. The van der Waals surface area contributed by atoms with Crippen LogP contribution in [0.25, 0.3) is 0 Å². The molecular weight excluding hydrogens is 276 g/mol. The lowest BCUT2D eigenvalue weighted by Crippen LogP contribution is -2.39. The summed E-state index contributed by atoms with van der Waals surface area (Å²) in [4.78, 5) is 2.23. The predicted octanol–water partition coefficient (Wildman–Crippen LogP) is 2.04. The Morgan fingerprint density at radius 3 is 3.10 bits per heavy atom. The summed E-state index contributed by atoms with van der Waals surface area (Å²) in [6.07, 6.45) is 1.67. The van der Waals surface area contributed by atoms with Crippen LogP contribution >= 0.6 is 11.6 Å². The van der Waals surface area contributed by atoms with Crippen LogP contribution in [0.2, 0.25) is 5.02 Å². The Kier molecular flexibility index (Phi) is 6.10. The first-order chi connectivity index (χ1) is 9.72. The highest BCUT2D eigenvalue weighted by Gasteiger charge is 2.20. The van der Waals surface area contributed by atoms with E-state index < -0.39 is 0 Å². The van der Waals surface area contributed by atoms with E-state index in [1.165, 1.54) is 0 Å². The lowest BCUT2D eigenvalue weighted by atomic mass is 10.1. The van der Waals surface area contributed by atoms with Crippen LogP contribution in [0.5, 0.6) is 0 Å². The maximum Gasteiger partial charge on any atom is 0.0715 e. The molecule has 1 heterocycles. The molecule has 0 aromatic heterocycles. The molecule has 1 aromatic carbocycles. The van der Waals surface area contributed by atoms with Crippen molar-refractivity contribution in [2.45, 2.75) is 25.5 Å². The third-order valence-electron chi connectivity index (χ3n) is 3.62. The second kappa shape index (κ2) is 7.84. The highest BCUT2D eigenvalue weighted by Crippen LogP contribution is 2.29. The normalized spacial score (nSPS) is 19.4. The van der Waals surface area contributed by atoms with Gasteiger partial charge in [-0.1, -0.05) is 17.7 Å². The number of piperidine rings is 1. The van der Waals surface area contributed by atoms with Gasteiger partial charge in [-0.3, -0.25) is 0 Å². The molecule has 1 aliphatic rings. The topological polar surface area (TPSA) is 44.7 Å². The van der Waals surface area contributed by atoms with Gasteiger partial charge in [-0.2, -0.15) is 0 Å². The van der Waals surface area contributed by atoms with Gasteiger partial charge < -0.3 is 20.1 Å². The van der Waals surface area contributed by atoms with E-state index in [1.807, 2.05) is 12.1 Å². The molecule has 0 amide bonds. The number of methoxy groups -OCH3 is 1. The van der Waals surface area contributed by atoms with E-state index in [1.54, 1.807) is 7.11 Å². The lowest BCUT2D eigenvalue weighted by molar-refractivity contribution is 0.154. The number of halogens is 1. The smallest absolute Gasteiger partial charge is 0.0715 e. The zero-order chi connectivity index (χ0) is 14.4. The third kappa shape index (κ3) is 4.09. The van der Waals surface area contributed by atoms with Gasteiger partial charge in [-0.05, 0) is 25.0 Å².